The number of rotatable bonds is 21. The maximum Gasteiger partial charge on any atom is 0.461 e. The number of aryl methyl sites for hydroxylation is 1. The van der Waals surface area contributed by atoms with Crippen molar-refractivity contribution >= 4 is 45.8 Å². The van der Waals surface area contributed by atoms with Gasteiger partial charge in [0.2, 0.25) is 6.79 Å². The third-order valence-corrected chi connectivity index (χ3v) is 18.0. The van der Waals surface area contributed by atoms with Crippen molar-refractivity contribution < 1.29 is 68.9 Å². The number of Topliss-reactive ketones (excluding diaryl/α,β-unsaturated/α-hetero) is 1. The maximum atomic E-state index is 10.6. The first-order valence-corrected chi connectivity index (χ1v) is 35.6. The lowest BCUT2D eigenvalue weighted by Crippen LogP contribution is -2.41. The molecule has 0 aromatic heterocycles. The van der Waals surface area contributed by atoms with Gasteiger partial charge < -0.3 is 54.5 Å². The van der Waals surface area contributed by atoms with Crippen LogP contribution in [0, 0.1) is 6.92 Å². The zero-order chi connectivity index (χ0) is 80.0. The van der Waals surface area contributed by atoms with Crippen LogP contribution in [0.4, 0.5) is 0 Å². The van der Waals surface area contributed by atoms with Gasteiger partial charge >= 0.3 is 13.3 Å². The number of carbonyl (C=O) groups excluding carboxylic acids is 3. The van der Waals surface area contributed by atoms with Gasteiger partial charge in [-0.3, -0.25) is 4.79 Å². The topological polar surface area (TPSA) is 230 Å². The molecule has 0 unspecified atom stereocenters. The molecule has 7 N–H and O–H groups in total. The zero-order valence-corrected chi connectivity index (χ0v) is 65.7. The molecule has 16 heteroatoms. The molecule has 1 fully saturated rings. The van der Waals surface area contributed by atoms with Crippen molar-refractivity contribution in [3.05, 3.63) is 332 Å². The number of aliphatic hydroxyl groups is 6. The molecule has 8 aromatic carbocycles. The third-order valence-electron chi connectivity index (χ3n) is 17.5. The average molecular weight is 1510 g/mol. The fraction of sp³-hybridized carbons (Fsp3) is 0.311. The van der Waals surface area contributed by atoms with Crippen molar-refractivity contribution in [2.24, 2.45) is 0 Å². The van der Waals surface area contributed by atoms with Gasteiger partial charge in [0.05, 0.1) is 44.8 Å². The number of halogens is 1. The number of hydrogen-bond acceptors (Lipinski definition) is 14. The number of hydrogen-bond donors (Lipinski definition) is 7. The van der Waals surface area contributed by atoms with Gasteiger partial charge in [-0.15, -0.1) is 46.1 Å². The number of phenols is 1. The number of benzene rings is 8. The fourth-order valence-corrected chi connectivity index (χ4v) is 10.8. The molecule has 566 valence electrons. The summed E-state index contributed by atoms with van der Waals surface area (Å²) in [5, 5.41) is 71.9. The third kappa shape index (κ3) is 31.5. The first kappa shape index (κ1) is 93.0. The first-order valence-electron chi connectivity index (χ1n) is 34.8. The van der Waals surface area contributed by atoms with Crippen molar-refractivity contribution in [3.8, 4) is 17.2 Å². The summed E-state index contributed by atoms with van der Waals surface area (Å²) in [6.07, 6.45) is 16.4. The lowest BCUT2D eigenvalue weighted by molar-refractivity contribution is -0.191. The van der Waals surface area contributed by atoms with Gasteiger partial charge in [0.1, 0.15) is 5.75 Å². The predicted octanol–water partition coefficient (Wildman–Crippen LogP) is 20.0. The highest BCUT2D eigenvalue weighted by molar-refractivity contribution is 9.10. The van der Waals surface area contributed by atoms with E-state index in [0.717, 1.165) is 60.7 Å². The van der Waals surface area contributed by atoms with Crippen LogP contribution in [0.25, 0.3) is 10.8 Å². The molecule has 106 heavy (non-hydrogen) atoms. The highest BCUT2D eigenvalue weighted by Crippen LogP contribution is 2.39. The van der Waals surface area contributed by atoms with Crippen LogP contribution in [0.3, 0.4) is 0 Å². The summed E-state index contributed by atoms with van der Waals surface area (Å²) in [7, 11) is -0.118. The van der Waals surface area contributed by atoms with Gasteiger partial charge in [0, 0.05) is 16.4 Å². The Kier molecular flexibility index (Phi) is 39.2. The molecular weight excluding hydrogens is 1400 g/mol. The Balaban J connectivity index is 0.000000411. The number of ketones is 1. The summed E-state index contributed by atoms with van der Waals surface area (Å²) in [5.41, 5.74) is 1.78. The van der Waals surface area contributed by atoms with Gasteiger partial charge in [0.25, 0.3) is 0 Å². The zero-order valence-electron chi connectivity index (χ0n) is 64.1. The van der Waals surface area contributed by atoms with Crippen LogP contribution in [-0.2, 0) is 52.5 Å². The van der Waals surface area contributed by atoms with Crippen LogP contribution in [0.15, 0.2) is 287 Å². The van der Waals surface area contributed by atoms with E-state index in [0.29, 0.717) is 49.8 Å². The Morgan fingerprint density at radius 3 is 1.25 bits per heavy atom. The number of carbonyl (C=O) groups is 1. The second-order valence-electron chi connectivity index (χ2n) is 27.7. The lowest BCUT2D eigenvalue weighted by atomic mass is 9.85. The Labute approximate surface area is 639 Å². The van der Waals surface area contributed by atoms with E-state index in [1.54, 1.807) is 102 Å². The Morgan fingerprint density at radius 2 is 0.821 bits per heavy atom. The minimum Gasteiger partial charge on any atom is -0.508 e. The Hall–Kier alpha value is -9.13. The van der Waals surface area contributed by atoms with E-state index in [4.69, 9.17) is 28.4 Å². The number of allylic oxidation sites excluding steroid dienone is 1. The van der Waals surface area contributed by atoms with Crippen LogP contribution in [0.5, 0.6) is 17.2 Å². The quantitative estimate of drug-likeness (QED) is 0.0202. The summed E-state index contributed by atoms with van der Waals surface area (Å²) in [4.78, 5) is 26.9. The van der Waals surface area contributed by atoms with Gasteiger partial charge in [-0.25, -0.2) is 0 Å². The van der Waals surface area contributed by atoms with Crippen molar-refractivity contribution in [1.82, 2.24) is 0 Å². The normalized spacial score (nSPS) is 15.6. The van der Waals surface area contributed by atoms with Crippen molar-refractivity contribution in [2.75, 3.05) is 6.79 Å². The average Bonchev–Trinajstić information content (AvgIpc) is 1.43. The largest absolute Gasteiger partial charge is 0.508 e. The minimum absolute atomic E-state index is 0.118. The summed E-state index contributed by atoms with van der Waals surface area (Å²) in [6.45, 7) is 48.1. The number of ether oxygens (including phenoxy) is 2. The molecule has 0 aliphatic carbocycles. The summed E-state index contributed by atoms with van der Waals surface area (Å²) < 4.78 is 22.9. The molecule has 8 aromatic rings. The van der Waals surface area contributed by atoms with Crippen LogP contribution < -0.4 is 9.47 Å². The van der Waals surface area contributed by atoms with Crippen LogP contribution in [-0.4, -0.2) is 72.8 Å². The molecule has 0 spiro atoms. The van der Waals surface area contributed by atoms with Crippen molar-refractivity contribution in [2.45, 2.75) is 173 Å². The second kappa shape index (κ2) is 44.7. The number of phenolic OH excluding ortho intramolecular Hbond substituents is 1. The molecule has 6 atom stereocenters. The van der Waals surface area contributed by atoms with Gasteiger partial charge in [-0.2, -0.15) is 9.59 Å². The summed E-state index contributed by atoms with van der Waals surface area (Å²) in [6, 6.07) is 60.7. The molecule has 0 radical (unpaired) electrons. The fourth-order valence-electron chi connectivity index (χ4n) is 10.5. The van der Waals surface area contributed by atoms with Crippen molar-refractivity contribution in [1.29, 1.82) is 0 Å². The van der Waals surface area contributed by atoms with E-state index in [2.05, 4.69) is 102 Å². The minimum atomic E-state index is -0.944. The Morgan fingerprint density at radius 1 is 0.462 bits per heavy atom. The second-order valence-corrected chi connectivity index (χ2v) is 28.6. The highest BCUT2D eigenvalue weighted by Gasteiger charge is 2.50. The van der Waals surface area contributed by atoms with E-state index in [-0.39, 0.29) is 42.8 Å². The molecule has 10 rings (SSSR count). The summed E-state index contributed by atoms with van der Waals surface area (Å²) >= 11 is 3.35. The lowest BCUT2D eigenvalue weighted by Gasteiger charge is -2.32. The standard InChI is InChI=1S/C15H16O.C12H14O3.C12H16O.C11H13BrO.C11H14O2.C11H14O.C9H17BO2.C8H8O.CO2/c1-3-11-15(2,16)14-10-6-8-12-7-4-5-9-13(12)14;1-3-6-12(2,13)9-4-5-10-11(7-9)15-8-14-10;1-4-9-12(3,13)11-7-5-10(2)6-8-11;1-3-8-11(2,13)9-4-6-10(12)7-5-9;1-3-7-11(2,13)9-5-4-6-10(12)8-9;1-3-9-11(2,12)10-7-5-4-6-8-10;1-6-7-10-11-8(2,3)9(4,5)12-10;1-7(9)8-5-3-2-4-6-8;2-1-3/h3-10,16H,1,11H2,2H3;3-5,7,13H,1,6,8H2,2H3;4-8,13H,1,9H2,2-3H3;3-7,13H,1,8H2,2H3;3-6,8,12-13H,1,7H2,2H3;3-8,12H,1,9H2,2H3;6H,1,7H2,2-5H3;2-6H,1H3;/t15-;2*12-;3*11-;;;/m000000.../s1. The monoisotopic (exact) mass is 1510 g/mol. The summed E-state index contributed by atoms with van der Waals surface area (Å²) in [5.74, 6) is 1.71. The molecule has 14 nitrogen and oxygen atoms in total. The maximum absolute atomic E-state index is 10.6. The molecule has 0 bridgehead atoms. The molecule has 0 amide bonds. The van der Waals surface area contributed by atoms with E-state index < -0.39 is 33.6 Å². The number of aromatic hydroxyl groups is 1. The predicted molar refractivity (Wildman–Crippen MR) is 435 cm³/mol. The molecule has 2 aliphatic rings. The van der Waals surface area contributed by atoms with Gasteiger partial charge in [-0.1, -0.05) is 222 Å². The van der Waals surface area contributed by atoms with E-state index in [9.17, 15) is 40.5 Å². The van der Waals surface area contributed by atoms with E-state index in [1.807, 2.05) is 178 Å². The SMILES string of the molecule is C=CCB1OC(C)(C)C(C)(C)O1.C=CC[C@](C)(O)c1ccc(Br)cc1.C=CC[C@](C)(O)c1ccc(C)cc1.C=CC[C@](C)(O)c1ccc2c(c1)OCO2.C=CC[C@](C)(O)c1cccc(O)c1.C=CC[C@](C)(O)c1cccc2ccccc12.C=CC[C@](C)(O)c1ccccc1.CC(=O)c1ccccc1.O=C=O. The molecule has 1 saturated heterocycles. The van der Waals surface area contributed by atoms with Crippen LogP contribution >= 0.6 is 15.9 Å². The highest BCUT2D eigenvalue weighted by atomic mass is 79.9. The smallest absolute Gasteiger partial charge is 0.461 e. The van der Waals surface area contributed by atoms with Crippen LogP contribution in [0.1, 0.15) is 164 Å². The van der Waals surface area contributed by atoms with Crippen LogP contribution in [0.2, 0.25) is 6.32 Å². The van der Waals surface area contributed by atoms with E-state index in [1.165, 1.54) is 5.56 Å². The Bertz CT molecular complexity index is 3950. The molecule has 2 heterocycles. The molecule has 2 aliphatic heterocycles. The number of fused-ring (bicyclic) bond motifs is 2. The van der Waals surface area contributed by atoms with Crippen molar-refractivity contribution in [3.63, 3.8) is 0 Å². The van der Waals surface area contributed by atoms with E-state index >= 15 is 0 Å². The molecule has 0 saturated carbocycles. The first-order chi connectivity index (χ1) is 49.7. The van der Waals surface area contributed by atoms with Gasteiger partial charge in [0.15, 0.2) is 17.3 Å². The molecular formula is C90H112BBrO14. The van der Waals surface area contributed by atoms with Gasteiger partial charge in [-0.05, 0) is 202 Å².